The van der Waals surface area contributed by atoms with Gasteiger partial charge in [-0.3, -0.25) is 19.8 Å². The number of rotatable bonds is 6. The van der Waals surface area contributed by atoms with Crippen molar-refractivity contribution in [3.8, 4) is 6.19 Å². The molecule has 2 fully saturated rings. The number of benzene rings is 2. The van der Waals surface area contributed by atoms with Crippen LogP contribution in [0.5, 0.6) is 0 Å². The summed E-state index contributed by atoms with van der Waals surface area (Å²) >= 11 is 6.05. The average molecular weight is 522 g/mol. The molecule has 0 spiro atoms. The van der Waals surface area contributed by atoms with Gasteiger partial charge in [0.05, 0.1) is 6.54 Å². The summed E-state index contributed by atoms with van der Waals surface area (Å²) in [6.45, 7) is 4.35. The van der Waals surface area contributed by atoms with Gasteiger partial charge in [-0.1, -0.05) is 48.0 Å². The van der Waals surface area contributed by atoms with E-state index in [9.17, 15) is 14.9 Å². The Hall–Kier alpha value is -3.61. The largest absolute Gasteiger partial charge is 0.339 e. The van der Waals surface area contributed by atoms with Gasteiger partial charge in [0.25, 0.3) is 0 Å². The van der Waals surface area contributed by atoms with Crippen LogP contribution >= 0.6 is 11.6 Å². The predicted octanol–water partition coefficient (Wildman–Crippen LogP) is 2.90. The van der Waals surface area contributed by atoms with Gasteiger partial charge >= 0.3 is 0 Å². The second kappa shape index (κ2) is 13.1. The highest BCUT2D eigenvalue weighted by molar-refractivity contribution is 6.30. The number of halogens is 1. The highest BCUT2D eigenvalue weighted by atomic mass is 35.5. The van der Waals surface area contributed by atoms with E-state index >= 15 is 0 Å². The Morgan fingerprint density at radius 2 is 1.84 bits per heavy atom. The molecule has 4 rings (SSSR count). The van der Waals surface area contributed by atoms with Gasteiger partial charge in [-0.25, -0.2) is 4.99 Å². The molecule has 9 nitrogen and oxygen atoms in total. The summed E-state index contributed by atoms with van der Waals surface area (Å²) in [5.41, 5.74) is 1.91. The van der Waals surface area contributed by atoms with Crippen LogP contribution in [0.3, 0.4) is 0 Å². The molecule has 2 amide bonds. The van der Waals surface area contributed by atoms with Crippen molar-refractivity contribution in [3.05, 3.63) is 65.2 Å². The second-order valence-corrected chi connectivity index (χ2v) is 9.70. The summed E-state index contributed by atoms with van der Waals surface area (Å²) in [6, 6.07) is 16.7. The lowest BCUT2D eigenvalue weighted by Crippen LogP contribution is -2.52. The number of likely N-dealkylation sites (tertiary alicyclic amines) is 1. The normalized spacial score (nSPS) is 19.2. The minimum atomic E-state index is -0.680. The molecule has 1 unspecified atom stereocenters. The van der Waals surface area contributed by atoms with Crippen LogP contribution in [-0.2, 0) is 16.1 Å². The molecule has 2 N–H and O–H groups in total. The van der Waals surface area contributed by atoms with E-state index in [1.165, 1.54) is 5.56 Å². The molecule has 0 radical (unpaired) electrons. The highest BCUT2D eigenvalue weighted by Crippen LogP contribution is 2.18. The molecule has 10 heteroatoms. The lowest BCUT2D eigenvalue weighted by atomic mass is 10.1. The number of guanidine groups is 1. The molecule has 37 heavy (non-hydrogen) atoms. The van der Waals surface area contributed by atoms with E-state index in [0.717, 1.165) is 32.5 Å². The number of anilines is 1. The number of hydrogen-bond acceptors (Lipinski definition) is 5. The summed E-state index contributed by atoms with van der Waals surface area (Å²) in [6.07, 6.45) is 4.02. The maximum atomic E-state index is 13.3. The third-order valence-corrected chi connectivity index (χ3v) is 6.83. The van der Waals surface area contributed by atoms with Crippen molar-refractivity contribution in [2.75, 3.05) is 44.6 Å². The zero-order valence-corrected chi connectivity index (χ0v) is 21.5. The number of carbonyl (C=O) groups excluding carboxylic acids is 2. The van der Waals surface area contributed by atoms with E-state index in [0.29, 0.717) is 36.8 Å². The number of nitrogens with one attached hydrogen (secondary N) is 2. The SMILES string of the molecule is N#CNC(=NC1CCCCN(CC(=O)N2CCN(Cc3ccccc3)CC2)C1=O)Nc1cccc(Cl)c1. The Kier molecular flexibility index (Phi) is 9.35. The van der Waals surface area contributed by atoms with Crippen LogP contribution in [-0.4, -0.2) is 77.8 Å². The Balaban J connectivity index is 1.35. The predicted molar refractivity (Wildman–Crippen MR) is 144 cm³/mol. The first kappa shape index (κ1) is 26.5. The van der Waals surface area contributed by atoms with E-state index in [1.54, 1.807) is 29.2 Å². The number of aliphatic imine (C=N–C) groups is 1. The summed E-state index contributed by atoms with van der Waals surface area (Å²) in [4.78, 5) is 36.8. The summed E-state index contributed by atoms with van der Waals surface area (Å²) in [7, 11) is 0. The first-order chi connectivity index (χ1) is 18.0. The lowest BCUT2D eigenvalue weighted by molar-refractivity contribution is -0.141. The molecule has 2 aromatic rings. The zero-order chi connectivity index (χ0) is 26.0. The summed E-state index contributed by atoms with van der Waals surface area (Å²) in [5.74, 6) is -0.0608. The molecule has 0 aromatic heterocycles. The van der Waals surface area contributed by atoms with E-state index < -0.39 is 6.04 Å². The van der Waals surface area contributed by atoms with Crippen LogP contribution < -0.4 is 10.6 Å². The maximum absolute atomic E-state index is 13.3. The van der Waals surface area contributed by atoms with Gasteiger partial charge in [0, 0.05) is 50.0 Å². The standard InChI is InChI=1S/C27H32ClN7O2/c28-22-9-6-10-23(17-22)31-27(30-20-29)32-24-11-4-5-12-35(26(24)37)19-25(36)34-15-13-33(14-16-34)18-21-7-2-1-3-8-21/h1-3,6-10,17,24H,4-5,11-16,18-19H2,(H2,30,31,32). The molecule has 2 aliphatic rings. The third kappa shape index (κ3) is 7.68. The molecule has 0 bridgehead atoms. The van der Waals surface area contributed by atoms with Crippen LogP contribution in [0, 0.1) is 11.5 Å². The fourth-order valence-corrected chi connectivity index (χ4v) is 4.82. The quantitative estimate of drug-likeness (QED) is 0.262. The monoisotopic (exact) mass is 521 g/mol. The topological polar surface area (TPSA) is 104 Å². The molecule has 2 saturated heterocycles. The Morgan fingerprint density at radius 3 is 2.57 bits per heavy atom. The maximum Gasteiger partial charge on any atom is 0.247 e. The molecule has 2 aromatic carbocycles. The van der Waals surface area contributed by atoms with Crippen LogP contribution in [0.4, 0.5) is 5.69 Å². The number of carbonyl (C=O) groups is 2. The molecule has 1 atom stereocenters. The molecule has 0 saturated carbocycles. The smallest absolute Gasteiger partial charge is 0.247 e. The van der Waals surface area contributed by atoms with Crippen molar-refractivity contribution in [2.45, 2.75) is 31.8 Å². The Morgan fingerprint density at radius 1 is 1.05 bits per heavy atom. The molecule has 2 aliphatic heterocycles. The fraction of sp³-hybridized carbons (Fsp3) is 0.407. The van der Waals surface area contributed by atoms with E-state index in [-0.39, 0.29) is 24.3 Å². The van der Waals surface area contributed by atoms with Gasteiger partial charge in [0.15, 0.2) is 6.19 Å². The van der Waals surface area contributed by atoms with Crippen molar-refractivity contribution < 1.29 is 9.59 Å². The zero-order valence-electron chi connectivity index (χ0n) is 20.8. The molecule has 2 heterocycles. The van der Waals surface area contributed by atoms with Crippen molar-refractivity contribution in [1.82, 2.24) is 20.0 Å². The van der Waals surface area contributed by atoms with Crippen LogP contribution in [0.2, 0.25) is 5.02 Å². The van der Waals surface area contributed by atoms with E-state index in [2.05, 4.69) is 32.7 Å². The molecular formula is C27H32ClN7O2. The first-order valence-corrected chi connectivity index (χ1v) is 13.0. The molecule has 0 aliphatic carbocycles. The van der Waals surface area contributed by atoms with E-state index in [1.807, 2.05) is 29.3 Å². The number of nitriles is 1. The van der Waals surface area contributed by atoms with Crippen molar-refractivity contribution in [1.29, 1.82) is 5.26 Å². The van der Waals surface area contributed by atoms with Gasteiger partial charge in [0.1, 0.15) is 6.04 Å². The van der Waals surface area contributed by atoms with Gasteiger partial charge in [-0.05, 0) is 43.0 Å². The average Bonchev–Trinajstić information content (AvgIpc) is 3.06. The number of amides is 2. The van der Waals surface area contributed by atoms with Crippen molar-refractivity contribution >= 4 is 35.1 Å². The minimum Gasteiger partial charge on any atom is -0.339 e. The Labute approximate surface area is 222 Å². The fourth-order valence-electron chi connectivity index (χ4n) is 4.63. The number of hydrogen-bond donors (Lipinski definition) is 2. The van der Waals surface area contributed by atoms with Crippen molar-refractivity contribution in [2.24, 2.45) is 4.99 Å². The second-order valence-electron chi connectivity index (χ2n) is 9.26. The number of nitrogens with zero attached hydrogens (tertiary/aromatic N) is 5. The van der Waals surface area contributed by atoms with Crippen molar-refractivity contribution in [3.63, 3.8) is 0 Å². The van der Waals surface area contributed by atoms with Gasteiger partial charge in [-0.15, -0.1) is 0 Å². The molecule has 194 valence electrons. The van der Waals surface area contributed by atoms with Crippen LogP contribution in [0.15, 0.2) is 59.6 Å². The van der Waals surface area contributed by atoms with Gasteiger partial charge < -0.3 is 15.1 Å². The van der Waals surface area contributed by atoms with Gasteiger partial charge in [-0.2, -0.15) is 5.26 Å². The van der Waals surface area contributed by atoms with Gasteiger partial charge in [0.2, 0.25) is 17.8 Å². The number of piperazine rings is 1. The Bertz CT molecular complexity index is 1140. The molecular weight excluding hydrogens is 490 g/mol. The first-order valence-electron chi connectivity index (χ1n) is 12.6. The lowest BCUT2D eigenvalue weighted by Gasteiger charge is -2.36. The van der Waals surface area contributed by atoms with Crippen LogP contribution in [0.1, 0.15) is 24.8 Å². The third-order valence-electron chi connectivity index (χ3n) is 6.60. The summed E-state index contributed by atoms with van der Waals surface area (Å²) in [5, 5.41) is 15.3. The highest BCUT2D eigenvalue weighted by Gasteiger charge is 2.30. The van der Waals surface area contributed by atoms with E-state index in [4.69, 9.17) is 11.6 Å². The summed E-state index contributed by atoms with van der Waals surface area (Å²) < 4.78 is 0. The minimum absolute atomic E-state index is 0.0373. The van der Waals surface area contributed by atoms with Crippen LogP contribution in [0.25, 0.3) is 0 Å².